The molecule has 0 aliphatic carbocycles. The molecule has 0 heterocycles. The Kier molecular flexibility index (Phi) is 5.40. The molecule has 0 aliphatic heterocycles. The van der Waals surface area contributed by atoms with Gasteiger partial charge >= 0.3 is 6.09 Å². The molecule has 0 atom stereocenters. The summed E-state index contributed by atoms with van der Waals surface area (Å²) in [4.78, 5) is 11.7. The molecule has 1 amide bonds. The van der Waals surface area contributed by atoms with E-state index in [2.05, 4.69) is 23.5 Å². The number of rotatable bonds is 4. The van der Waals surface area contributed by atoms with Crippen LogP contribution in [0.2, 0.25) is 0 Å². The molecular weight excluding hydrogens is 288 g/mol. The Morgan fingerprint density at radius 1 is 1.04 bits per heavy atom. The number of benzene rings is 2. The topological polar surface area (TPSA) is 64.3 Å². The van der Waals surface area contributed by atoms with Crippen LogP contribution in [0.25, 0.3) is 11.1 Å². The van der Waals surface area contributed by atoms with Crippen LogP contribution < -0.4 is 11.1 Å². The van der Waals surface area contributed by atoms with Gasteiger partial charge in [-0.3, -0.25) is 0 Å². The van der Waals surface area contributed by atoms with Crippen LogP contribution in [0, 0.1) is 0 Å². The molecule has 2 rings (SSSR count). The Bertz CT molecular complexity index is 675. The maximum atomic E-state index is 11.7. The highest BCUT2D eigenvalue weighted by Crippen LogP contribution is 2.21. The molecule has 0 bridgehead atoms. The minimum atomic E-state index is -0.491. The number of alkyl carbamates (subject to hydrolysis) is 1. The van der Waals surface area contributed by atoms with Crippen LogP contribution in [0.1, 0.15) is 31.9 Å². The van der Waals surface area contributed by atoms with Gasteiger partial charge in [-0.1, -0.05) is 36.4 Å². The molecule has 122 valence electrons. The van der Waals surface area contributed by atoms with Crippen LogP contribution in [-0.4, -0.2) is 11.7 Å². The van der Waals surface area contributed by atoms with E-state index in [9.17, 15) is 4.79 Å². The lowest BCUT2D eigenvalue weighted by Gasteiger charge is -2.19. The van der Waals surface area contributed by atoms with Crippen molar-refractivity contribution >= 4 is 6.09 Å². The predicted octanol–water partition coefficient (Wildman–Crippen LogP) is 3.84. The third-order valence-electron chi connectivity index (χ3n) is 3.26. The molecule has 0 unspecified atom stereocenters. The minimum Gasteiger partial charge on any atom is -0.444 e. The average Bonchev–Trinajstić information content (AvgIpc) is 2.52. The van der Waals surface area contributed by atoms with Crippen molar-refractivity contribution in [3.63, 3.8) is 0 Å². The quantitative estimate of drug-likeness (QED) is 0.901. The van der Waals surface area contributed by atoms with Gasteiger partial charge in [0.2, 0.25) is 0 Å². The van der Waals surface area contributed by atoms with E-state index in [-0.39, 0.29) is 0 Å². The molecule has 0 spiro atoms. The average molecular weight is 312 g/mol. The molecule has 0 fully saturated rings. The Balaban J connectivity index is 2.06. The SMILES string of the molecule is CC(C)(C)OC(=O)NCc1cccc(-c2cccc(CN)c2)c1. The van der Waals surface area contributed by atoms with E-state index in [1.807, 2.05) is 51.1 Å². The summed E-state index contributed by atoms with van der Waals surface area (Å²) < 4.78 is 5.24. The number of amides is 1. The molecule has 2 aromatic carbocycles. The lowest BCUT2D eigenvalue weighted by Crippen LogP contribution is -2.32. The van der Waals surface area contributed by atoms with Crippen molar-refractivity contribution in [3.05, 3.63) is 59.7 Å². The highest BCUT2D eigenvalue weighted by atomic mass is 16.6. The first-order chi connectivity index (χ1) is 10.9. The lowest BCUT2D eigenvalue weighted by molar-refractivity contribution is 0.0523. The van der Waals surface area contributed by atoms with Crippen molar-refractivity contribution in [3.8, 4) is 11.1 Å². The number of hydrogen-bond donors (Lipinski definition) is 2. The van der Waals surface area contributed by atoms with Crippen molar-refractivity contribution in [2.45, 2.75) is 39.5 Å². The molecule has 3 N–H and O–H groups in total. The van der Waals surface area contributed by atoms with Crippen LogP contribution in [0.5, 0.6) is 0 Å². The zero-order valence-electron chi connectivity index (χ0n) is 13.9. The Hall–Kier alpha value is -2.33. The fourth-order valence-electron chi connectivity index (χ4n) is 2.23. The fraction of sp³-hybridized carbons (Fsp3) is 0.316. The Morgan fingerprint density at radius 3 is 2.17 bits per heavy atom. The summed E-state index contributed by atoms with van der Waals surface area (Å²) in [5, 5.41) is 2.78. The molecule has 4 nitrogen and oxygen atoms in total. The van der Waals surface area contributed by atoms with Crippen LogP contribution in [0.15, 0.2) is 48.5 Å². The lowest BCUT2D eigenvalue weighted by atomic mass is 10.0. The monoisotopic (exact) mass is 312 g/mol. The summed E-state index contributed by atoms with van der Waals surface area (Å²) in [5.41, 5.74) is 9.54. The van der Waals surface area contributed by atoms with Gasteiger partial charge in [-0.15, -0.1) is 0 Å². The zero-order chi connectivity index (χ0) is 16.9. The first-order valence-electron chi connectivity index (χ1n) is 7.72. The Morgan fingerprint density at radius 2 is 1.61 bits per heavy atom. The van der Waals surface area contributed by atoms with Gasteiger partial charge in [-0.05, 0) is 55.2 Å². The number of nitrogens with one attached hydrogen (secondary N) is 1. The van der Waals surface area contributed by atoms with Crippen molar-refractivity contribution in [1.82, 2.24) is 5.32 Å². The van der Waals surface area contributed by atoms with E-state index in [0.29, 0.717) is 13.1 Å². The van der Waals surface area contributed by atoms with E-state index >= 15 is 0 Å². The largest absolute Gasteiger partial charge is 0.444 e. The normalized spacial score (nSPS) is 11.1. The van der Waals surface area contributed by atoms with Crippen LogP contribution in [-0.2, 0) is 17.8 Å². The predicted molar refractivity (Wildman–Crippen MR) is 92.8 cm³/mol. The van der Waals surface area contributed by atoms with E-state index in [0.717, 1.165) is 22.3 Å². The van der Waals surface area contributed by atoms with Gasteiger partial charge in [0.05, 0.1) is 0 Å². The first-order valence-corrected chi connectivity index (χ1v) is 7.72. The molecule has 0 radical (unpaired) electrons. The number of hydrogen-bond acceptors (Lipinski definition) is 3. The van der Waals surface area contributed by atoms with Gasteiger partial charge in [0.25, 0.3) is 0 Å². The maximum absolute atomic E-state index is 11.7. The second-order valence-corrected chi connectivity index (χ2v) is 6.46. The standard InChI is InChI=1S/C19H24N2O2/c1-19(2,3)23-18(22)21-13-15-7-5-9-17(11-15)16-8-4-6-14(10-16)12-20/h4-11H,12-13,20H2,1-3H3,(H,21,22). The molecule has 4 heteroatoms. The van der Waals surface area contributed by atoms with Gasteiger partial charge < -0.3 is 15.8 Å². The van der Waals surface area contributed by atoms with Gasteiger partial charge in [-0.25, -0.2) is 4.79 Å². The zero-order valence-corrected chi connectivity index (χ0v) is 13.9. The first kappa shape index (κ1) is 17.0. The number of carbonyl (C=O) groups is 1. The number of ether oxygens (including phenoxy) is 1. The molecule has 23 heavy (non-hydrogen) atoms. The third-order valence-corrected chi connectivity index (χ3v) is 3.26. The molecule has 2 aromatic rings. The van der Waals surface area contributed by atoms with Crippen LogP contribution in [0.4, 0.5) is 4.79 Å². The van der Waals surface area contributed by atoms with E-state index in [4.69, 9.17) is 10.5 Å². The molecular formula is C19H24N2O2. The van der Waals surface area contributed by atoms with E-state index in [1.54, 1.807) is 0 Å². The summed E-state index contributed by atoms with van der Waals surface area (Å²) in [6.45, 7) is 6.49. The maximum Gasteiger partial charge on any atom is 0.407 e. The third kappa shape index (κ3) is 5.42. The summed E-state index contributed by atoms with van der Waals surface area (Å²) in [6.07, 6.45) is -0.409. The summed E-state index contributed by atoms with van der Waals surface area (Å²) in [7, 11) is 0. The molecule has 0 saturated carbocycles. The van der Waals surface area contributed by atoms with Gasteiger partial charge in [0.15, 0.2) is 0 Å². The summed E-state index contributed by atoms with van der Waals surface area (Å²) in [6, 6.07) is 16.2. The number of nitrogens with two attached hydrogens (primary N) is 1. The fourth-order valence-corrected chi connectivity index (χ4v) is 2.23. The van der Waals surface area contributed by atoms with Crippen molar-refractivity contribution < 1.29 is 9.53 Å². The second-order valence-electron chi connectivity index (χ2n) is 6.46. The second kappa shape index (κ2) is 7.29. The van der Waals surface area contributed by atoms with Gasteiger partial charge in [-0.2, -0.15) is 0 Å². The molecule has 0 saturated heterocycles. The van der Waals surface area contributed by atoms with Gasteiger partial charge in [0, 0.05) is 13.1 Å². The van der Waals surface area contributed by atoms with Crippen LogP contribution in [0.3, 0.4) is 0 Å². The summed E-state index contributed by atoms with van der Waals surface area (Å²) in [5.74, 6) is 0. The minimum absolute atomic E-state index is 0.409. The highest BCUT2D eigenvalue weighted by molar-refractivity contribution is 5.68. The molecule has 0 aromatic heterocycles. The number of carbonyl (C=O) groups excluding carboxylic acids is 1. The van der Waals surface area contributed by atoms with E-state index in [1.165, 1.54) is 0 Å². The highest BCUT2D eigenvalue weighted by Gasteiger charge is 2.15. The van der Waals surface area contributed by atoms with Gasteiger partial charge in [0.1, 0.15) is 5.60 Å². The molecule has 0 aliphatic rings. The van der Waals surface area contributed by atoms with Crippen molar-refractivity contribution in [1.29, 1.82) is 0 Å². The smallest absolute Gasteiger partial charge is 0.407 e. The van der Waals surface area contributed by atoms with E-state index < -0.39 is 11.7 Å². The summed E-state index contributed by atoms with van der Waals surface area (Å²) >= 11 is 0. The Labute approximate surface area is 137 Å². The van der Waals surface area contributed by atoms with Crippen molar-refractivity contribution in [2.24, 2.45) is 5.73 Å². The van der Waals surface area contributed by atoms with Crippen LogP contribution >= 0.6 is 0 Å². The van der Waals surface area contributed by atoms with Crippen molar-refractivity contribution in [2.75, 3.05) is 0 Å².